The summed E-state index contributed by atoms with van der Waals surface area (Å²) in [4.78, 5) is 27.1. The van der Waals surface area contributed by atoms with Crippen molar-refractivity contribution in [3.8, 4) is 5.69 Å². The highest BCUT2D eigenvalue weighted by molar-refractivity contribution is 5.98. The van der Waals surface area contributed by atoms with Gasteiger partial charge in [0.15, 0.2) is 5.82 Å². The van der Waals surface area contributed by atoms with Crippen LogP contribution in [-0.2, 0) is 6.54 Å². The molecule has 3 aromatic rings. The third-order valence-corrected chi connectivity index (χ3v) is 4.96. The van der Waals surface area contributed by atoms with Gasteiger partial charge in [-0.05, 0) is 40.8 Å². The molecule has 11 heteroatoms. The minimum Gasteiger partial charge on any atom is -0.336 e. The normalized spacial score (nSPS) is 14.6. The van der Waals surface area contributed by atoms with Crippen LogP contribution in [0.25, 0.3) is 5.69 Å². The van der Waals surface area contributed by atoms with Crippen LogP contribution in [0.4, 0.5) is 10.1 Å². The smallest absolute Gasteiger partial charge is 0.282 e. The Morgan fingerprint density at radius 3 is 2.47 bits per heavy atom. The van der Waals surface area contributed by atoms with Crippen LogP contribution < -0.4 is 0 Å². The van der Waals surface area contributed by atoms with Crippen LogP contribution in [0.15, 0.2) is 48.5 Å². The molecule has 0 atom stereocenters. The van der Waals surface area contributed by atoms with Crippen LogP contribution in [0.3, 0.4) is 0 Å². The largest absolute Gasteiger partial charge is 0.336 e. The third kappa shape index (κ3) is 4.01. The number of carbonyl (C=O) groups is 1. The molecule has 1 fully saturated rings. The number of hydrogen-bond acceptors (Lipinski definition) is 7. The maximum atomic E-state index is 13.2. The van der Waals surface area contributed by atoms with Crippen LogP contribution in [-0.4, -0.2) is 67.0 Å². The van der Waals surface area contributed by atoms with Gasteiger partial charge in [-0.25, -0.2) is 4.39 Å². The molecule has 0 N–H and O–H groups in total. The van der Waals surface area contributed by atoms with Crippen LogP contribution in [0.2, 0.25) is 0 Å². The Morgan fingerprint density at radius 2 is 1.77 bits per heavy atom. The van der Waals surface area contributed by atoms with Crippen molar-refractivity contribution in [2.45, 2.75) is 6.54 Å². The topological polar surface area (TPSA) is 110 Å². The summed E-state index contributed by atoms with van der Waals surface area (Å²) in [5.74, 6) is -0.0917. The van der Waals surface area contributed by atoms with E-state index < -0.39 is 4.92 Å². The predicted octanol–water partition coefficient (Wildman–Crippen LogP) is 1.67. The molecular weight excluding hydrogens is 393 g/mol. The van der Waals surface area contributed by atoms with Crippen molar-refractivity contribution in [3.05, 3.63) is 75.9 Å². The molecule has 2 aromatic carbocycles. The molecule has 1 aromatic heterocycles. The van der Waals surface area contributed by atoms with Gasteiger partial charge in [-0.1, -0.05) is 12.1 Å². The summed E-state index contributed by atoms with van der Waals surface area (Å²) in [6.07, 6.45) is 0. The molecule has 0 unspecified atom stereocenters. The van der Waals surface area contributed by atoms with E-state index in [9.17, 15) is 19.3 Å². The van der Waals surface area contributed by atoms with Gasteiger partial charge in [-0.2, -0.15) is 4.68 Å². The Labute approximate surface area is 170 Å². The summed E-state index contributed by atoms with van der Waals surface area (Å²) in [5.41, 5.74) is 0.557. The Kier molecular flexibility index (Phi) is 5.44. The molecule has 4 rings (SSSR count). The van der Waals surface area contributed by atoms with Gasteiger partial charge in [0.05, 0.1) is 17.2 Å². The second-order valence-electron chi connectivity index (χ2n) is 6.83. The lowest BCUT2D eigenvalue weighted by Crippen LogP contribution is -2.48. The molecule has 0 saturated carbocycles. The minimum atomic E-state index is -0.543. The van der Waals surface area contributed by atoms with Crippen molar-refractivity contribution in [1.29, 1.82) is 0 Å². The quantitative estimate of drug-likeness (QED) is 0.464. The van der Waals surface area contributed by atoms with Crippen LogP contribution >= 0.6 is 0 Å². The summed E-state index contributed by atoms with van der Waals surface area (Å²) in [6.45, 7) is 2.47. The van der Waals surface area contributed by atoms with Crippen molar-refractivity contribution in [2.75, 3.05) is 26.2 Å². The molecular formula is C19H18FN7O3. The van der Waals surface area contributed by atoms with E-state index in [1.165, 1.54) is 30.3 Å². The fourth-order valence-corrected chi connectivity index (χ4v) is 3.38. The number of nitro groups is 1. The zero-order chi connectivity index (χ0) is 21.1. The van der Waals surface area contributed by atoms with E-state index in [0.717, 1.165) is 0 Å². The number of hydrogen-bond donors (Lipinski definition) is 0. The third-order valence-electron chi connectivity index (χ3n) is 4.96. The van der Waals surface area contributed by atoms with E-state index in [0.29, 0.717) is 44.2 Å². The highest BCUT2D eigenvalue weighted by Crippen LogP contribution is 2.20. The van der Waals surface area contributed by atoms with E-state index in [1.54, 1.807) is 27.8 Å². The highest BCUT2D eigenvalue weighted by atomic mass is 19.1. The van der Waals surface area contributed by atoms with Gasteiger partial charge in [0.25, 0.3) is 11.6 Å². The van der Waals surface area contributed by atoms with Crippen molar-refractivity contribution in [1.82, 2.24) is 30.0 Å². The number of benzene rings is 2. The van der Waals surface area contributed by atoms with Crippen molar-refractivity contribution in [3.63, 3.8) is 0 Å². The maximum absolute atomic E-state index is 13.2. The molecule has 30 heavy (non-hydrogen) atoms. The molecule has 0 spiro atoms. The Hall–Kier alpha value is -3.73. The number of nitrogens with zero attached hydrogens (tertiary/aromatic N) is 7. The molecule has 154 valence electrons. The zero-order valence-corrected chi connectivity index (χ0v) is 15.9. The number of piperazine rings is 1. The van der Waals surface area contributed by atoms with Crippen LogP contribution in [0.1, 0.15) is 16.2 Å². The predicted molar refractivity (Wildman–Crippen MR) is 103 cm³/mol. The first-order valence-corrected chi connectivity index (χ1v) is 9.31. The van der Waals surface area contributed by atoms with E-state index in [2.05, 4.69) is 20.4 Å². The van der Waals surface area contributed by atoms with Gasteiger partial charge >= 0.3 is 0 Å². The zero-order valence-electron chi connectivity index (χ0n) is 15.9. The lowest BCUT2D eigenvalue weighted by atomic mass is 10.1. The SMILES string of the molecule is O=C(c1ccccc1[N+](=O)[O-])N1CCN(Cc2nnnn2-c2ccc(F)cc2)CC1. The minimum absolute atomic E-state index is 0.0937. The van der Waals surface area contributed by atoms with Gasteiger partial charge in [0, 0.05) is 32.2 Å². The number of halogens is 1. The number of tetrazole rings is 1. The summed E-state index contributed by atoms with van der Waals surface area (Å²) >= 11 is 0. The molecule has 0 bridgehead atoms. The van der Waals surface area contributed by atoms with E-state index >= 15 is 0 Å². The lowest BCUT2D eigenvalue weighted by Gasteiger charge is -2.34. The summed E-state index contributed by atoms with van der Waals surface area (Å²) < 4.78 is 14.7. The monoisotopic (exact) mass is 411 g/mol. The lowest BCUT2D eigenvalue weighted by molar-refractivity contribution is -0.385. The first-order chi connectivity index (χ1) is 14.5. The first-order valence-electron chi connectivity index (χ1n) is 9.31. The number of amides is 1. The van der Waals surface area contributed by atoms with Gasteiger partial charge in [0.1, 0.15) is 11.4 Å². The number of aromatic nitrogens is 4. The van der Waals surface area contributed by atoms with Crippen LogP contribution in [0, 0.1) is 15.9 Å². The number of rotatable bonds is 5. The number of para-hydroxylation sites is 1. The average molecular weight is 411 g/mol. The fraction of sp³-hybridized carbons (Fsp3) is 0.263. The molecule has 1 amide bonds. The van der Waals surface area contributed by atoms with Crippen molar-refractivity contribution < 1.29 is 14.1 Å². The molecule has 0 radical (unpaired) electrons. The van der Waals surface area contributed by atoms with Gasteiger partial charge in [-0.15, -0.1) is 5.10 Å². The highest BCUT2D eigenvalue weighted by Gasteiger charge is 2.27. The number of carbonyl (C=O) groups excluding carboxylic acids is 1. The second-order valence-corrected chi connectivity index (χ2v) is 6.83. The standard InChI is InChI=1S/C19H18FN7O3/c20-14-5-7-15(8-6-14)26-18(21-22-23-26)13-24-9-11-25(12-10-24)19(28)16-3-1-2-4-17(16)27(29)30/h1-8H,9-13H2. The van der Waals surface area contributed by atoms with E-state index in [-0.39, 0.29) is 23.0 Å². The molecule has 10 nitrogen and oxygen atoms in total. The Morgan fingerprint density at radius 1 is 1.07 bits per heavy atom. The molecule has 1 saturated heterocycles. The molecule has 0 aliphatic carbocycles. The van der Waals surface area contributed by atoms with Gasteiger partial charge in [0.2, 0.25) is 0 Å². The summed E-state index contributed by atoms with van der Waals surface area (Å²) in [5, 5.41) is 22.9. The van der Waals surface area contributed by atoms with E-state index in [1.807, 2.05) is 0 Å². The summed E-state index contributed by atoms with van der Waals surface area (Å²) in [6, 6.07) is 11.8. The molecule has 2 heterocycles. The van der Waals surface area contributed by atoms with Gasteiger partial charge < -0.3 is 4.90 Å². The Bertz CT molecular complexity index is 1060. The van der Waals surface area contributed by atoms with Crippen molar-refractivity contribution >= 4 is 11.6 Å². The average Bonchev–Trinajstić information content (AvgIpc) is 3.22. The molecule has 1 aliphatic rings. The van der Waals surface area contributed by atoms with Crippen molar-refractivity contribution in [2.24, 2.45) is 0 Å². The second kappa shape index (κ2) is 8.33. The Balaban J connectivity index is 1.40. The molecule has 1 aliphatic heterocycles. The van der Waals surface area contributed by atoms with Gasteiger partial charge in [-0.3, -0.25) is 19.8 Å². The fourth-order valence-electron chi connectivity index (χ4n) is 3.38. The number of nitro benzene ring substituents is 1. The summed E-state index contributed by atoms with van der Waals surface area (Å²) in [7, 11) is 0. The maximum Gasteiger partial charge on any atom is 0.282 e. The van der Waals surface area contributed by atoms with E-state index in [4.69, 9.17) is 0 Å². The van der Waals surface area contributed by atoms with Crippen LogP contribution in [0.5, 0.6) is 0 Å². The first kappa shape index (κ1) is 19.6.